The number of aliphatic hydroxyl groups is 1. The summed E-state index contributed by atoms with van der Waals surface area (Å²) in [6.45, 7) is 5.33. The van der Waals surface area contributed by atoms with Crippen LogP contribution in [0.4, 0.5) is 0 Å². The molecular formula is C15H25NO2. The normalized spacial score (nSPS) is 11.7. The lowest BCUT2D eigenvalue weighted by Crippen LogP contribution is -2.40. The monoisotopic (exact) mass is 251 g/mol. The van der Waals surface area contributed by atoms with Crippen LogP contribution in [-0.2, 0) is 6.54 Å². The number of phenols is 1. The first-order valence-electron chi connectivity index (χ1n) is 6.81. The summed E-state index contributed by atoms with van der Waals surface area (Å²) < 4.78 is 0. The zero-order chi connectivity index (χ0) is 13.4. The quantitative estimate of drug-likeness (QED) is 0.666. The maximum Gasteiger partial charge on any atom is 0.120 e. The average molecular weight is 251 g/mol. The average Bonchev–Trinajstić information content (AvgIpc) is 2.32. The fraction of sp³-hybridized carbons (Fsp3) is 0.600. The van der Waals surface area contributed by atoms with E-state index in [4.69, 9.17) is 0 Å². The molecule has 0 unspecified atom stereocenters. The highest BCUT2D eigenvalue weighted by Crippen LogP contribution is 2.19. The van der Waals surface area contributed by atoms with Gasteiger partial charge in [0.2, 0.25) is 0 Å². The first-order valence-corrected chi connectivity index (χ1v) is 6.81. The van der Waals surface area contributed by atoms with Gasteiger partial charge in [-0.3, -0.25) is 0 Å². The first kappa shape index (κ1) is 15.0. The molecule has 0 bridgehead atoms. The van der Waals surface area contributed by atoms with Crippen molar-refractivity contribution in [2.45, 2.75) is 51.7 Å². The van der Waals surface area contributed by atoms with E-state index in [9.17, 15) is 10.2 Å². The number of hydrogen-bond acceptors (Lipinski definition) is 3. The van der Waals surface area contributed by atoms with E-state index in [0.29, 0.717) is 18.8 Å². The van der Waals surface area contributed by atoms with Crippen molar-refractivity contribution in [1.29, 1.82) is 0 Å². The van der Waals surface area contributed by atoms with E-state index in [-0.39, 0.29) is 0 Å². The fourth-order valence-electron chi connectivity index (χ4n) is 2.32. The number of para-hydroxylation sites is 1. The van der Waals surface area contributed by atoms with Crippen LogP contribution in [0.3, 0.4) is 0 Å². The number of hydrogen-bond donors (Lipinski definition) is 3. The van der Waals surface area contributed by atoms with Crippen molar-refractivity contribution in [3.8, 4) is 5.75 Å². The third kappa shape index (κ3) is 4.67. The number of benzene rings is 1. The van der Waals surface area contributed by atoms with Gasteiger partial charge < -0.3 is 15.5 Å². The fourth-order valence-corrected chi connectivity index (χ4v) is 2.32. The first-order chi connectivity index (χ1) is 8.61. The van der Waals surface area contributed by atoms with Gasteiger partial charge in [-0.1, -0.05) is 44.9 Å². The van der Waals surface area contributed by atoms with E-state index in [1.54, 1.807) is 6.07 Å². The number of nitrogens with one attached hydrogen (secondary N) is 1. The molecule has 0 spiro atoms. The van der Waals surface area contributed by atoms with E-state index in [1.165, 1.54) is 0 Å². The second-order valence-corrected chi connectivity index (χ2v) is 4.96. The Morgan fingerprint density at radius 3 is 2.28 bits per heavy atom. The second kappa shape index (κ2) is 7.39. The molecule has 0 aliphatic heterocycles. The lowest BCUT2D eigenvalue weighted by molar-refractivity contribution is 0.0214. The van der Waals surface area contributed by atoms with Gasteiger partial charge in [-0.2, -0.15) is 0 Å². The van der Waals surface area contributed by atoms with Gasteiger partial charge in [0.15, 0.2) is 0 Å². The van der Waals surface area contributed by atoms with Crippen LogP contribution in [0, 0.1) is 0 Å². The lowest BCUT2D eigenvalue weighted by atomic mass is 9.92. The second-order valence-electron chi connectivity index (χ2n) is 4.96. The predicted molar refractivity (Wildman–Crippen MR) is 74.6 cm³/mol. The molecule has 0 saturated carbocycles. The molecule has 0 heterocycles. The van der Waals surface area contributed by atoms with Crippen LogP contribution in [0.15, 0.2) is 24.3 Å². The van der Waals surface area contributed by atoms with Crippen LogP contribution >= 0.6 is 0 Å². The molecule has 0 atom stereocenters. The Balaban J connectivity index is 2.46. The van der Waals surface area contributed by atoms with Crippen molar-refractivity contribution in [2.24, 2.45) is 0 Å². The molecule has 1 aromatic carbocycles. The topological polar surface area (TPSA) is 52.5 Å². The van der Waals surface area contributed by atoms with Crippen LogP contribution in [0.2, 0.25) is 0 Å². The van der Waals surface area contributed by atoms with Crippen molar-refractivity contribution in [3.63, 3.8) is 0 Å². The summed E-state index contributed by atoms with van der Waals surface area (Å²) in [5.74, 6) is 0.305. The molecule has 1 aromatic rings. The number of rotatable bonds is 8. The smallest absolute Gasteiger partial charge is 0.120 e. The summed E-state index contributed by atoms with van der Waals surface area (Å²) >= 11 is 0. The minimum absolute atomic E-state index is 0.305. The molecule has 0 aromatic heterocycles. The molecule has 0 amide bonds. The maximum absolute atomic E-state index is 10.4. The van der Waals surface area contributed by atoms with Gasteiger partial charge in [0, 0.05) is 18.7 Å². The third-order valence-corrected chi connectivity index (χ3v) is 3.19. The van der Waals surface area contributed by atoms with E-state index < -0.39 is 5.60 Å². The largest absolute Gasteiger partial charge is 0.508 e. The van der Waals surface area contributed by atoms with Crippen molar-refractivity contribution in [2.75, 3.05) is 6.54 Å². The zero-order valence-corrected chi connectivity index (χ0v) is 11.4. The Kier molecular flexibility index (Phi) is 6.16. The summed E-state index contributed by atoms with van der Waals surface area (Å²) in [6, 6.07) is 7.28. The molecular weight excluding hydrogens is 226 g/mol. The number of phenolic OH excluding ortho intramolecular Hbond substituents is 1. The molecule has 0 saturated heterocycles. The van der Waals surface area contributed by atoms with Gasteiger partial charge in [-0.15, -0.1) is 0 Å². The molecule has 0 fully saturated rings. The number of aromatic hydroxyl groups is 1. The SMILES string of the molecule is CCCC(O)(CCC)CNCc1ccccc1O. The van der Waals surface area contributed by atoms with Crippen molar-refractivity contribution >= 4 is 0 Å². The zero-order valence-electron chi connectivity index (χ0n) is 11.4. The molecule has 3 heteroatoms. The molecule has 0 aliphatic carbocycles. The Morgan fingerprint density at radius 2 is 1.72 bits per heavy atom. The van der Waals surface area contributed by atoms with E-state index >= 15 is 0 Å². The third-order valence-electron chi connectivity index (χ3n) is 3.19. The highest BCUT2D eigenvalue weighted by molar-refractivity contribution is 5.31. The highest BCUT2D eigenvalue weighted by Gasteiger charge is 2.24. The van der Waals surface area contributed by atoms with Gasteiger partial charge >= 0.3 is 0 Å². The van der Waals surface area contributed by atoms with Crippen LogP contribution in [0.5, 0.6) is 5.75 Å². The van der Waals surface area contributed by atoms with Gasteiger partial charge in [0.1, 0.15) is 5.75 Å². The summed E-state index contributed by atoms with van der Waals surface area (Å²) in [5.41, 5.74) is 0.251. The molecule has 102 valence electrons. The van der Waals surface area contributed by atoms with E-state index in [1.807, 2.05) is 18.2 Å². The van der Waals surface area contributed by atoms with Crippen molar-refractivity contribution < 1.29 is 10.2 Å². The Labute approximate surface area is 110 Å². The van der Waals surface area contributed by atoms with Crippen molar-refractivity contribution in [1.82, 2.24) is 5.32 Å². The molecule has 3 nitrogen and oxygen atoms in total. The minimum atomic E-state index is -0.617. The van der Waals surface area contributed by atoms with Crippen LogP contribution < -0.4 is 5.32 Å². The van der Waals surface area contributed by atoms with E-state index in [2.05, 4.69) is 19.2 Å². The summed E-state index contributed by atoms with van der Waals surface area (Å²) in [7, 11) is 0. The standard InChI is InChI=1S/C15H25NO2/c1-3-9-15(18,10-4-2)12-16-11-13-7-5-6-8-14(13)17/h5-8,16-18H,3-4,9-12H2,1-2H3. The lowest BCUT2D eigenvalue weighted by Gasteiger charge is -2.28. The summed E-state index contributed by atoms with van der Waals surface area (Å²) in [4.78, 5) is 0. The predicted octanol–water partition coefficient (Wildman–Crippen LogP) is 2.81. The Hall–Kier alpha value is -1.06. The minimum Gasteiger partial charge on any atom is -0.508 e. The molecule has 18 heavy (non-hydrogen) atoms. The molecule has 0 radical (unpaired) electrons. The summed E-state index contributed by atoms with van der Waals surface area (Å²) in [6.07, 6.45) is 3.59. The van der Waals surface area contributed by atoms with Gasteiger partial charge in [-0.05, 0) is 18.9 Å². The van der Waals surface area contributed by atoms with Gasteiger partial charge in [0.25, 0.3) is 0 Å². The van der Waals surface area contributed by atoms with Gasteiger partial charge in [0.05, 0.1) is 5.60 Å². The van der Waals surface area contributed by atoms with Crippen LogP contribution in [0.1, 0.15) is 45.1 Å². The Morgan fingerprint density at radius 1 is 1.11 bits per heavy atom. The summed E-state index contributed by atoms with van der Waals surface area (Å²) in [5, 5.41) is 23.3. The van der Waals surface area contributed by atoms with Crippen molar-refractivity contribution in [3.05, 3.63) is 29.8 Å². The van der Waals surface area contributed by atoms with Crippen LogP contribution in [-0.4, -0.2) is 22.4 Å². The molecule has 0 aliphatic rings. The highest BCUT2D eigenvalue weighted by atomic mass is 16.3. The maximum atomic E-state index is 10.4. The van der Waals surface area contributed by atoms with Gasteiger partial charge in [-0.25, -0.2) is 0 Å². The Bertz CT molecular complexity index is 346. The molecule has 1 rings (SSSR count). The molecule has 3 N–H and O–H groups in total. The van der Waals surface area contributed by atoms with E-state index in [0.717, 1.165) is 31.2 Å². The van der Waals surface area contributed by atoms with Crippen LogP contribution in [0.25, 0.3) is 0 Å².